The summed E-state index contributed by atoms with van der Waals surface area (Å²) in [7, 11) is -3.57. The van der Waals surface area contributed by atoms with Crippen molar-refractivity contribution in [2.75, 3.05) is 13.2 Å². The molecule has 0 aromatic heterocycles. The Morgan fingerprint density at radius 1 is 1.38 bits per heavy atom. The number of aliphatic hydroxyl groups excluding tert-OH is 1. The number of hydrogen-bond donors (Lipinski definition) is 2. The smallest absolute Gasteiger partial charge is 0.242 e. The Morgan fingerprint density at radius 3 is 2.71 bits per heavy atom. The van der Waals surface area contributed by atoms with Crippen LogP contribution in [0.15, 0.2) is 23.1 Å². The Hall–Kier alpha value is -1.06. The first-order valence-corrected chi connectivity index (χ1v) is 8.78. The van der Waals surface area contributed by atoms with Crippen LogP contribution in [0.25, 0.3) is 0 Å². The van der Waals surface area contributed by atoms with Gasteiger partial charge >= 0.3 is 0 Å². The van der Waals surface area contributed by atoms with Gasteiger partial charge in [-0.3, -0.25) is 0 Å². The lowest BCUT2D eigenvalue weighted by atomic mass is 9.86. The lowest BCUT2D eigenvalue weighted by Gasteiger charge is -2.25. The van der Waals surface area contributed by atoms with Crippen LogP contribution >= 0.6 is 11.6 Å². The summed E-state index contributed by atoms with van der Waals surface area (Å²) < 4.78 is 27.0. The Kier molecular flexibility index (Phi) is 5.65. The molecule has 0 spiro atoms. The molecule has 2 N–H and O–H groups in total. The number of nitrogens with one attached hydrogen (secondary N) is 1. The van der Waals surface area contributed by atoms with Crippen molar-refractivity contribution < 1.29 is 13.5 Å². The maximum atomic E-state index is 12.2. The average Bonchev–Trinajstić information content (AvgIpc) is 2.37. The number of sulfonamides is 1. The van der Waals surface area contributed by atoms with E-state index in [4.69, 9.17) is 16.7 Å². The standard InChI is InChI=1S/C15H18ClNO3S/c16-14-10-12(4-1-2-9-18)7-8-15(14)21(19,20)17-11-13-5-3-6-13/h7-8,10,13,17-18H,2-3,5-6,9,11H2. The predicted molar refractivity (Wildman–Crippen MR) is 82.6 cm³/mol. The average molecular weight is 328 g/mol. The van der Waals surface area contributed by atoms with Crippen LogP contribution in [0.1, 0.15) is 31.2 Å². The second kappa shape index (κ2) is 7.28. The van der Waals surface area contributed by atoms with Gasteiger partial charge in [0.15, 0.2) is 0 Å². The maximum absolute atomic E-state index is 12.2. The van der Waals surface area contributed by atoms with Crippen molar-refractivity contribution in [2.45, 2.75) is 30.6 Å². The van der Waals surface area contributed by atoms with E-state index in [9.17, 15) is 8.42 Å². The van der Waals surface area contributed by atoms with Gasteiger partial charge in [-0.25, -0.2) is 13.1 Å². The minimum atomic E-state index is -3.57. The molecule has 2 rings (SSSR count). The van der Waals surface area contributed by atoms with E-state index in [1.54, 1.807) is 6.07 Å². The lowest BCUT2D eigenvalue weighted by Crippen LogP contribution is -2.32. The van der Waals surface area contributed by atoms with Crippen LogP contribution in [0, 0.1) is 17.8 Å². The van der Waals surface area contributed by atoms with Gasteiger partial charge in [0.25, 0.3) is 0 Å². The van der Waals surface area contributed by atoms with Gasteiger partial charge in [0.1, 0.15) is 4.90 Å². The SMILES string of the molecule is O=S(=O)(NCC1CCC1)c1ccc(C#CCCO)cc1Cl. The third-order valence-corrected chi connectivity index (χ3v) is 5.38. The van der Waals surface area contributed by atoms with Crippen molar-refractivity contribution >= 4 is 21.6 Å². The number of benzene rings is 1. The second-order valence-corrected chi connectivity index (χ2v) is 7.21. The molecule has 1 aliphatic rings. The van der Waals surface area contributed by atoms with E-state index in [1.807, 2.05) is 0 Å². The van der Waals surface area contributed by atoms with E-state index in [0.29, 0.717) is 24.4 Å². The highest BCUT2D eigenvalue weighted by atomic mass is 35.5. The lowest BCUT2D eigenvalue weighted by molar-refractivity contribution is 0.305. The molecule has 0 aliphatic heterocycles. The highest BCUT2D eigenvalue weighted by Crippen LogP contribution is 2.27. The molecule has 1 fully saturated rings. The number of halogens is 1. The van der Waals surface area contributed by atoms with Crippen molar-refractivity contribution in [1.29, 1.82) is 0 Å². The largest absolute Gasteiger partial charge is 0.395 e. The Morgan fingerprint density at radius 2 is 2.14 bits per heavy atom. The van der Waals surface area contributed by atoms with Crippen molar-refractivity contribution in [3.05, 3.63) is 28.8 Å². The molecular weight excluding hydrogens is 310 g/mol. The predicted octanol–water partition coefficient (Wildman–Crippen LogP) is 2.15. The molecule has 0 heterocycles. The van der Waals surface area contributed by atoms with Gasteiger partial charge in [0.05, 0.1) is 11.6 Å². The number of rotatable bonds is 5. The van der Waals surface area contributed by atoms with Crippen LogP contribution in [-0.2, 0) is 10.0 Å². The van der Waals surface area contributed by atoms with E-state index < -0.39 is 10.0 Å². The zero-order valence-corrected chi connectivity index (χ0v) is 13.2. The fourth-order valence-corrected chi connectivity index (χ4v) is 3.68. The summed E-state index contributed by atoms with van der Waals surface area (Å²) in [5.41, 5.74) is 0.631. The van der Waals surface area contributed by atoms with Crippen LogP contribution in [0.5, 0.6) is 0 Å². The molecule has 0 amide bonds. The van der Waals surface area contributed by atoms with E-state index >= 15 is 0 Å². The van der Waals surface area contributed by atoms with Gasteiger partial charge in [-0.05, 0) is 37.0 Å². The third kappa shape index (κ3) is 4.45. The molecule has 1 aliphatic carbocycles. The molecule has 1 aromatic carbocycles. The molecule has 1 saturated carbocycles. The van der Waals surface area contributed by atoms with E-state index in [2.05, 4.69) is 16.6 Å². The Balaban J connectivity index is 2.10. The topological polar surface area (TPSA) is 66.4 Å². The van der Waals surface area contributed by atoms with Crippen molar-refractivity contribution in [2.24, 2.45) is 5.92 Å². The first-order valence-electron chi connectivity index (χ1n) is 6.92. The first kappa shape index (κ1) is 16.3. The Labute approximate surface area is 130 Å². The summed E-state index contributed by atoms with van der Waals surface area (Å²) in [5, 5.41) is 8.82. The normalized spacial score (nSPS) is 15.1. The zero-order chi connectivity index (χ0) is 15.3. The van der Waals surface area contributed by atoms with Crippen LogP contribution < -0.4 is 4.72 Å². The summed E-state index contributed by atoms with van der Waals surface area (Å²) in [5.74, 6) is 6.04. The van der Waals surface area contributed by atoms with Crippen LogP contribution in [-0.4, -0.2) is 26.7 Å². The van der Waals surface area contributed by atoms with E-state index in [0.717, 1.165) is 12.8 Å². The van der Waals surface area contributed by atoms with Gasteiger partial charge in [0.2, 0.25) is 10.0 Å². The molecule has 0 bridgehead atoms. The highest BCUT2D eigenvalue weighted by Gasteiger charge is 2.22. The van der Waals surface area contributed by atoms with Crippen LogP contribution in [0.3, 0.4) is 0 Å². The zero-order valence-electron chi connectivity index (χ0n) is 11.6. The second-order valence-electron chi connectivity index (χ2n) is 5.07. The van der Waals surface area contributed by atoms with Gasteiger partial charge in [-0.1, -0.05) is 29.9 Å². The van der Waals surface area contributed by atoms with Crippen molar-refractivity contribution in [3.8, 4) is 11.8 Å². The van der Waals surface area contributed by atoms with Crippen molar-refractivity contribution in [3.63, 3.8) is 0 Å². The van der Waals surface area contributed by atoms with Gasteiger partial charge in [-0.15, -0.1) is 0 Å². The van der Waals surface area contributed by atoms with Crippen LogP contribution in [0.4, 0.5) is 0 Å². The maximum Gasteiger partial charge on any atom is 0.242 e. The van der Waals surface area contributed by atoms with Gasteiger partial charge in [-0.2, -0.15) is 0 Å². The quantitative estimate of drug-likeness (QED) is 0.814. The molecule has 0 saturated heterocycles. The minimum absolute atomic E-state index is 0.00170. The Bertz CT molecular complexity index is 657. The molecule has 0 radical (unpaired) electrons. The van der Waals surface area contributed by atoms with E-state index in [1.165, 1.54) is 18.6 Å². The van der Waals surface area contributed by atoms with Crippen molar-refractivity contribution in [1.82, 2.24) is 4.72 Å². The summed E-state index contributed by atoms with van der Waals surface area (Å²) in [6, 6.07) is 4.62. The summed E-state index contributed by atoms with van der Waals surface area (Å²) in [6.07, 6.45) is 3.71. The highest BCUT2D eigenvalue weighted by molar-refractivity contribution is 7.89. The number of hydrogen-bond acceptors (Lipinski definition) is 3. The molecule has 6 heteroatoms. The van der Waals surface area contributed by atoms with E-state index in [-0.39, 0.29) is 16.5 Å². The summed E-state index contributed by atoms with van der Waals surface area (Å²) >= 11 is 6.05. The molecule has 1 aromatic rings. The molecule has 21 heavy (non-hydrogen) atoms. The fraction of sp³-hybridized carbons (Fsp3) is 0.467. The number of aliphatic hydroxyl groups is 1. The summed E-state index contributed by atoms with van der Waals surface area (Å²) in [6.45, 7) is 0.467. The van der Waals surface area contributed by atoms with Gasteiger partial charge < -0.3 is 5.11 Å². The fourth-order valence-electron chi connectivity index (χ4n) is 2.02. The minimum Gasteiger partial charge on any atom is -0.395 e. The first-order chi connectivity index (χ1) is 10.0. The monoisotopic (exact) mass is 327 g/mol. The molecule has 4 nitrogen and oxygen atoms in total. The molecule has 114 valence electrons. The molecule has 0 unspecified atom stereocenters. The summed E-state index contributed by atoms with van der Waals surface area (Å²) in [4.78, 5) is 0.0798. The van der Waals surface area contributed by atoms with Gasteiger partial charge in [0, 0.05) is 18.5 Å². The molecule has 0 atom stereocenters. The molecular formula is C15H18ClNO3S. The third-order valence-electron chi connectivity index (χ3n) is 3.48. The van der Waals surface area contributed by atoms with Crippen LogP contribution in [0.2, 0.25) is 5.02 Å².